The summed E-state index contributed by atoms with van der Waals surface area (Å²) >= 11 is 0. The number of aliphatic carboxylic acids is 1. The standard InChI is InChI=1S/C13H25N3O3/c17-12(18)8-4-1-2-5-9-14-13(19)15-16-10-6-3-7-11-16/h1-11H2,(H,17,18)(H2,14,15,19). The van der Waals surface area contributed by atoms with Crippen molar-refractivity contribution in [3.8, 4) is 0 Å². The Labute approximate surface area is 114 Å². The van der Waals surface area contributed by atoms with Crippen molar-refractivity contribution < 1.29 is 14.7 Å². The van der Waals surface area contributed by atoms with Gasteiger partial charge in [-0.3, -0.25) is 10.2 Å². The van der Waals surface area contributed by atoms with E-state index >= 15 is 0 Å². The van der Waals surface area contributed by atoms with E-state index < -0.39 is 5.97 Å². The Morgan fingerprint density at radius 2 is 1.68 bits per heavy atom. The Morgan fingerprint density at radius 1 is 1.00 bits per heavy atom. The minimum atomic E-state index is -0.737. The summed E-state index contributed by atoms with van der Waals surface area (Å²) in [6.07, 6.45) is 7.24. The predicted molar refractivity (Wildman–Crippen MR) is 72.7 cm³/mol. The van der Waals surface area contributed by atoms with Crippen molar-refractivity contribution >= 4 is 12.0 Å². The molecule has 1 aliphatic rings. The van der Waals surface area contributed by atoms with Crippen molar-refractivity contribution in [1.82, 2.24) is 15.8 Å². The Bertz CT molecular complexity index is 278. The summed E-state index contributed by atoms with van der Waals surface area (Å²) in [5.74, 6) is -0.737. The molecule has 1 aliphatic heterocycles. The lowest BCUT2D eigenvalue weighted by Gasteiger charge is -2.26. The maximum atomic E-state index is 11.5. The van der Waals surface area contributed by atoms with Crippen LogP contribution in [0.1, 0.15) is 51.4 Å². The SMILES string of the molecule is O=C(O)CCCCCCNC(=O)NN1CCCCC1. The molecule has 0 aliphatic carbocycles. The predicted octanol–water partition coefficient (Wildman–Crippen LogP) is 1.72. The van der Waals surface area contributed by atoms with Crippen molar-refractivity contribution in [3.63, 3.8) is 0 Å². The molecule has 19 heavy (non-hydrogen) atoms. The van der Waals surface area contributed by atoms with Gasteiger partial charge in [-0.05, 0) is 25.7 Å². The number of nitrogens with one attached hydrogen (secondary N) is 2. The molecule has 3 N–H and O–H groups in total. The number of unbranched alkanes of at least 4 members (excludes halogenated alkanes) is 3. The van der Waals surface area contributed by atoms with Gasteiger partial charge in [0.2, 0.25) is 0 Å². The average Bonchev–Trinajstić information content (AvgIpc) is 2.38. The van der Waals surface area contributed by atoms with Crippen molar-refractivity contribution in [3.05, 3.63) is 0 Å². The number of hydrogen-bond acceptors (Lipinski definition) is 3. The van der Waals surface area contributed by atoms with E-state index in [-0.39, 0.29) is 12.5 Å². The van der Waals surface area contributed by atoms with Gasteiger partial charge in [-0.15, -0.1) is 0 Å². The highest BCUT2D eigenvalue weighted by Gasteiger charge is 2.11. The zero-order chi connectivity index (χ0) is 13.9. The fraction of sp³-hybridized carbons (Fsp3) is 0.846. The normalized spacial score (nSPS) is 16.0. The molecule has 6 heteroatoms. The molecule has 0 aromatic rings. The first-order valence-electron chi connectivity index (χ1n) is 7.20. The smallest absolute Gasteiger partial charge is 0.329 e. The second kappa shape index (κ2) is 9.61. The molecule has 1 fully saturated rings. The quantitative estimate of drug-likeness (QED) is 0.587. The first-order valence-corrected chi connectivity index (χ1v) is 7.20. The van der Waals surface area contributed by atoms with Gasteiger partial charge >= 0.3 is 12.0 Å². The van der Waals surface area contributed by atoms with Crippen LogP contribution in [0.5, 0.6) is 0 Å². The topological polar surface area (TPSA) is 81.7 Å². The van der Waals surface area contributed by atoms with Gasteiger partial charge in [0, 0.05) is 26.1 Å². The van der Waals surface area contributed by atoms with Crippen LogP contribution in [0.3, 0.4) is 0 Å². The van der Waals surface area contributed by atoms with Gasteiger partial charge < -0.3 is 10.4 Å². The Morgan fingerprint density at radius 3 is 2.37 bits per heavy atom. The maximum absolute atomic E-state index is 11.5. The Kier molecular flexibility index (Phi) is 7.97. The highest BCUT2D eigenvalue weighted by Crippen LogP contribution is 2.05. The van der Waals surface area contributed by atoms with Crippen LogP contribution in [-0.4, -0.2) is 41.8 Å². The highest BCUT2D eigenvalue weighted by molar-refractivity contribution is 5.73. The van der Waals surface area contributed by atoms with Gasteiger partial charge in [-0.25, -0.2) is 9.80 Å². The molecular formula is C13H25N3O3. The van der Waals surface area contributed by atoms with E-state index in [9.17, 15) is 9.59 Å². The van der Waals surface area contributed by atoms with Gasteiger partial charge in [-0.1, -0.05) is 19.3 Å². The van der Waals surface area contributed by atoms with Crippen LogP contribution in [0.15, 0.2) is 0 Å². The number of rotatable bonds is 8. The first-order chi connectivity index (χ1) is 9.18. The molecular weight excluding hydrogens is 246 g/mol. The number of carboxylic acid groups (broad SMARTS) is 1. The number of carboxylic acids is 1. The molecule has 0 aromatic carbocycles. The fourth-order valence-corrected chi connectivity index (χ4v) is 2.15. The zero-order valence-corrected chi connectivity index (χ0v) is 11.5. The number of amides is 2. The average molecular weight is 271 g/mol. The van der Waals surface area contributed by atoms with Crippen molar-refractivity contribution in [1.29, 1.82) is 0 Å². The van der Waals surface area contributed by atoms with E-state index in [0.29, 0.717) is 6.54 Å². The van der Waals surface area contributed by atoms with Gasteiger partial charge in [0.25, 0.3) is 0 Å². The third kappa shape index (κ3) is 8.42. The molecule has 0 radical (unpaired) electrons. The van der Waals surface area contributed by atoms with E-state index in [1.54, 1.807) is 0 Å². The molecule has 1 heterocycles. The molecule has 1 saturated heterocycles. The second-order valence-corrected chi connectivity index (χ2v) is 4.97. The maximum Gasteiger partial charge on any atom is 0.329 e. The summed E-state index contributed by atoms with van der Waals surface area (Å²) < 4.78 is 0. The van der Waals surface area contributed by atoms with Crippen molar-refractivity contribution in [2.75, 3.05) is 19.6 Å². The summed E-state index contributed by atoms with van der Waals surface area (Å²) in [7, 11) is 0. The van der Waals surface area contributed by atoms with E-state index in [2.05, 4.69) is 10.7 Å². The number of carbonyl (C=O) groups is 2. The molecule has 0 bridgehead atoms. The Balaban J connectivity index is 1.90. The largest absolute Gasteiger partial charge is 0.481 e. The second-order valence-electron chi connectivity index (χ2n) is 4.97. The van der Waals surface area contributed by atoms with Gasteiger partial charge in [0.05, 0.1) is 0 Å². The van der Waals surface area contributed by atoms with Crippen LogP contribution in [0.25, 0.3) is 0 Å². The summed E-state index contributed by atoms with van der Waals surface area (Å²) in [5.41, 5.74) is 2.84. The number of hydrogen-bond donors (Lipinski definition) is 3. The summed E-state index contributed by atoms with van der Waals surface area (Å²) in [6, 6.07) is -0.132. The van der Waals surface area contributed by atoms with Crippen LogP contribution in [0, 0.1) is 0 Å². The van der Waals surface area contributed by atoms with E-state index in [1.165, 1.54) is 6.42 Å². The lowest BCUT2D eigenvalue weighted by Crippen LogP contribution is -2.49. The summed E-state index contributed by atoms with van der Waals surface area (Å²) in [4.78, 5) is 21.8. The monoisotopic (exact) mass is 271 g/mol. The molecule has 1 rings (SSSR count). The van der Waals surface area contributed by atoms with Crippen LogP contribution in [0.2, 0.25) is 0 Å². The van der Waals surface area contributed by atoms with Crippen LogP contribution >= 0.6 is 0 Å². The molecule has 2 amide bonds. The number of urea groups is 1. The zero-order valence-electron chi connectivity index (χ0n) is 11.5. The van der Waals surface area contributed by atoms with Crippen molar-refractivity contribution in [2.24, 2.45) is 0 Å². The molecule has 0 atom stereocenters. The number of piperidine rings is 1. The summed E-state index contributed by atoms with van der Waals surface area (Å²) in [5, 5.41) is 13.3. The van der Waals surface area contributed by atoms with Crippen LogP contribution < -0.4 is 10.7 Å². The number of nitrogens with zero attached hydrogens (tertiary/aromatic N) is 1. The first kappa shape index (κ1) is 15.8. The molecule has 110 valence electrons. The molecule has 0 aromatic heterocycles. The third-order valence-electron chi connectivity index (χ3n) is 3.22. The van der Waals surface area contributed by atoms with Gasteiger partial charge in [0.1, 0.15) is 0 Å². The van der Waals surface area contributed by atoms with E-state index in [0.717, 1.165) is 51.6 Å². The fourth-order valence-electron chi connectivity index (χ4n) is 2.15. The van der Waals surface area contributed by atoms with Gasteiger partial charge in [0.15, 0.2) is 0 Å². The highest BCUT2D eigenvalue weighted by atomic mass is 16.4. The lowest BCUT2D eigenvalue weighted by atomic mass is 10.1. The molecule has 0 unspecified atom stereocenters. The molecule has 0 saturated carbocycles. The Hall–Kier alpha value is -1.30. The van der Waals surface area contributed by atoms with Crippen molar-refractivity contribution in [2.45, 2.75) is 51.4 Å². The van der Waals surface area contributed by atoms with Crippen LogP contribution in [-0.2, 0) is 4.79 Å². The lowest BCUT2D eigenvalue weighted by molar-refractivity contribution is -0.137. The minimum Gasteiger partial charge on any atom is -0.481 e. The minimum absolute atomic E-state index is 0.132. The van der Waals surface area contributed by atoms with Crippen LogP contribution in [0.4, 0.5) is 4.79 Å². The molecule has 0 spiro atoms. The number of hydrazine groups is 1. The molecule has 6 nitrogen and oxygen atoms in total. The third-order valence-corrected chi connectivity index (χ3v) is 3.22. The van der Waals surface area contributed by atoms with E-state index in [1.807, 2.05) is 5.01 Å². The number of carbonyl (C=O) groups excluding carboxylic acids is 1. The van der Waals surface area contributed by atoms with Gasteiger partial charge in [-0.2, -0.15) is 0 Å². The van der Waals surface area contributed by atoms with E-state index in [4.69, 9.17) is 5.11 Å². The summed E-state index contributed by atoms with van der Waals surface area (Å²) in [6.45, 7) is 2.51.